The van der Waals surface area contributed by atoms with E-state index in [-0.39, 0.29) is 17.9 Å². The Kier molecular flexibility index (Phi) is 3.65. The predicted octanol–water partition coefficient (Wildman–Crippen LogP) is 0.0420. The summed E-state index contributed by atoms with van der Waals surface area (Å²) in [5.74, 6) is -1.87. The summed E-state index contributed by atoms with van der Waals surface area (Å²) >= 11 is 0. The molecule has 86 valence electrons. The van der Waals surface area contributed by atoms with E-state index < -0.39 is 23.9 Å². The van der Waals surface area contributed by atoms with Crippen LogP contribution in [0.2, 0.25) is 0 Å². The standard InChI is InChI=1S/C9H9NO6/c1-5(2-8(12)13)9(14)15-4-6-3-7(11)10-16-6/h3H,1-2,4H2,(H,10,11)(H,12,13). The largest absolute Gasteiger partial charge is 0.481 e. The zero-order valence-electron chi connectivity index (χ0n) is 8.19. The minimum atomic E-state index is -1.17. The van der Waals surface area contributed by atoms with E-state index >= 15 is 0 Å². The normalized spacial score (nSPS) is 9.75. The number of nitrogens with one attached hydrogen (secondary N) is 1. The van der Waals surface area contributed by atoms with Crippen LogP contribution < -0.4 is 5.56 Å². The zero-order valence-corrected chi connectivity index (χ0v) is 8.19. The number of carboxylic acid groups (broad SMARTS) is 1. The average molecular weight is 227 g/mol. The monoisotopic (exact) mass is 227 g/mol. The quantitative estimate of drug-likeness (QED) is 0.543. The lowest BCUT2D eigenvalue weighted by Gasteiger charge is -2.02. The Bertz CT molecular complexity index is 468. The lowest BCUT2D eigenvalue weighted by molar-refractivity contribution is -0.144. The second kappa shape index (κ2) is 4.96. The van der Waals surface area contributed by atoms with Gasteiger partial charge in [-0.15, -0.1) is 0 Å². The van der Waals surface area contributed by atoms with Crippen LogP contribution >= 0.6 is 0 Å². The number of hydrogen-bond acceptors (Lipinski definition) is 5. The van der Waals surface area contributed by atoms with Crippen LogP contribution in [0.1, 0.15) is 12.2 Å². The average Bonchev–Trinajstić information content (AvgIpc) is 2.59. The Labute approximate surface area is 89.3 Å². The smallest absolute Gasteiger partial charge is 0.334 e. The van der Waals surface area contributed by atoms with E-state index in [0.717, 1.165) is 6.07 Å². The Balaban J connectivity index is 2.44. The summed E-state index contributed by atoms with van der Waals surface area (Å²) < 4.78 is 9.26. The molecule has 0 aromatic carbocycles. The highest BCUT2D eigenvalue weighted by Gasteiger charge is 2.13. The van der Waals surface area contributed by atoms with Gasteiger partial charge >= 0.3 is 11.9 Å². The topological polar surface area (TPSA) is 110 Å². The van der Waals surface area contributed by atoms with Gasteiger partial charge in [0.15, 0.2) is 12.4 Å². The summed E-state index contributed by atoms with van der Waals surface area (Å²) in [6, 6.07) is 1.12. The lowest BCUT2D eigenvalue weighted by Crippen LogP contribution is -2.10. The summed E-state index contributed by atoms with van der Waals surface area (Å²) in [6.07, 6.45) is -0.490. The van der Waals surface area contributed by atoms with E-state index in [4.69, 9.17) is 5.11 Å². The fourth-order valence-corrected chi connectivity index (χ4v) is 0.886. The number of carboxylic acids is 1. The van der Waals surface area contributed by atoms with E-state index in [2.05, 4.69) is 15.8 Å². The van der Waals surface area contributed by atoms with Gasteiger partial charge in [0.05, 0.1) is 12.5 Å². The van der Waals surface area contributed by atoms with Crippen molar-refractivity contribution in [1.29, 1.82) is 0 Å². The van der Waals surface area contributed by atoms with Crippen molar-refractivity contribution >= 4 is 11.9 Å². The van der Waals surface area contributed by atoms with Crippen molar-refractivity contribution in [2.45, 2.75) is 13.0 Å². The molecule has 1 rings (SSSR count). The van der Waals surface area contributed by atoms with E-state index in [1.54, 1.807) is 0 Å². The number of esters is 1. The van der Waals surface area contributed by atoms with Gasteiger partial charge in [-0.2, -0.15) is 5.16 Å². The van der Waals surface area contributed by atoms with Crippen LogP contribution in [0.25, 0.3) is 0 Å². The van der Waals surface area contributed by atoms with Crippen molar-refractivity contribution in [3.63, 3.8) is 0 Å². The molecule has 0 fully saturated rings. The van der Waals surface area contributed by atoms with Crippen LogP contribution in [0.15, 0.2) is 27.5 Å². The van der Waals surface area contributed by atoms with Crippen LogP contribution in [-0.4, -0.2) is 22.2 Å². The van der Waals surface area contributed by atoms with Crippen LogP contribution in [0, 0.1) is 0 Å². The second-order valence-electron chi connectivity index (χ2n) is 2.93. The third-order valence-electron chi connectivity index (χ3n) is 1.57. The van der Waals surface area contributed by atoms with Crippen molar-refractivity contribution in [2.75, 3.05) is 0 Å². The fraction of sp³-hybridized carbons (Fsp3) is 0.222. The Morgan fingerprint density at radius 1 is 1.56 bits per heavy atom. The summed E-state index contributed by atoms with van der Waals surface area (Å²) in [7, 11) is 0. The van der Waals surface area contributed by atoms with Crippen LogP contribution in [0.5, 0.6) is 0 Å². The number of ether oxygens (including phenoxy) is 1. The third kappa shape index (κ3) is 3.45. The van der Waals surface area contributed by atoms with Crippen molar-refractivity contribution in [1.82, 2.24) is 5.16 Å². The van der Waals surface area contributed by atoms with Gasteiger partial charge in [-0.3, -0.25) is 9.59 Å². The van der Waals surface area contributed by atoms with Crippen molar-refractivity contribution in [3.8, 4) is 0 Å². The molecule has 0 bridgehead atoms. The minimum absolute atomic E-state index is 0.140. The number of aromatic amines is 1. The van der Waals surface area contributed by atoms with Crippen LogP contribution in [0.3, 0.4) is 0 Å². The SMILES string of the molecule is C=C(CC(=O)O)C(=O)OCc1cc(=O)[nH]o1. The molecule has 0 amide bonds. The van der Waals surface area contributed by atoms with Gasteiger partial charge < -0.3 is 14.4 Å². The summed E-state index contributed by atoms with van der Waals surface area (Å²) in [6.45, 7) is 3.00. The molecular weight excluding hydrogens is 218 g/mol. The first-order valence-electron chi connectivity index (χ1n) is 4.23. The van der Waals surface area contributed by atoms with Gasteiger partial charge in [-0.05, 0) is 0 Å². The second-order valence-corrected chi connectivity index (χ2v) is 2.93. The van der Waals surface area contributed by atoms with Gasteiger partial charge in [0.1, 0.15) is 0 Å². The number of hydrogen-bond donors (Lipinski definition) is 2. The van der Waals surface area contributed by atoms with Gasteiger partial charge in [0.25, 0.3) is 5.56 Å². The number of rotatable bonds is 5. The van der Waals surface area contributed by atoms with Crippen LogP contribution in [-0.2, 0) is 20.9 Å². The van der Waals surface area contributed by atoms with Crippen molar-refractivity contribution in [3.05, 3.63) is 34.3 Å². The van der Waals surface area contributed by atoms with Gasteiger partial charge in [0, 0.05) is 5.57 Å². The minimum Gasteiger partial charge on any atom is -0.481 e. The number of carbonyl (C=O) groups is 2. The fourth-order valence-electron chi connectivity index (χ4n) is 0.886. The first-order valence-corrected chi connectivity index (χ1v) is 4.23. The molecule has 1 aromatic heterocycles. The Morgan fingerprint density at radius 3 is 2.75 bits per heavy atom. The number of carbonyl (C=O) groups excluding carboxylic acids is 1. The highest BCUT2D eigenvalue weighted by Crippen LogP contribution is 2.04. The number of H-pyrrole nitrogens is 1. The molecule has 0 aliphatic heterocycles. The van der Waals surface area contributed by atoms with Gasteiger partial charge in [-0.25, -0.2) is 4.79 Å². The third-order valence-corrected chi connectivity index (χ3v) is 1.57. The Hall–Kier alpha value is -2.31. The predicted molar refractivity (Wildman–Crippen MR) is 50.5 cm³/mol. The molecule has 16 heavy (non-hydrogen) atoms. The first kappa shape index (κ1) is 11.8. The van der Waals surface area contributed by atoms with E-state index in [1.165, 1.54) is 0 Å². The summed E-state index contributed by atoms with van der Waals surface area (Å²) in [5.41, 5.74) is -0.624. The molecule has 1 aromatic rings. The molecule has 0 atom stereocenters. The molecule has 0 aliphatic rings. The molecular formula is C9H9NO6. The number of aromatic nitrogens is 1. The number of aliphatic carboxylic acids is 1. The highest BCUT2D eigenvalue weighted by molar-refractivity contribution is 5.92. The van der Waals surface area contributed by atoms with Gasteiger partial charge in [0.2, 0.25) is 0 Å². The van der Waals surface area contributed by atoms with Crippen LogP contribution in [0.4, 0.5) is 0 Å². The molecule has 7 nitrogen and oxygen atoms in total. The molecule has 0 radical (unpaired) electrons. The highest BCUT2D eigenvalue weighted by atomic mass is 16.6. The molecule has 2 N–H and O–H groups in total. The maximum atomic E-state index is 11.1. The Morgan fingerprint density at radius 2 is 2.25 bits per heavy atom. The van der Waals surface area contributed by atoms with E-state index in [1.807, 2.05) is 5.16 Å². The summed E-state index contributed by atoms with van der Waals surface area (Å²) in [5, 5.41) is 10.4. The molecule has 1 heterocycles. The molecule has 0 saturated carbocycles. The molecule has 0 saturated heterocycles. The molecule has 0 aliphatic carbocycles. The van der Waals surface area contributed by atoms with E-state index in [0.29, 0.717) is 0 Å². The van der Waals surface area contributed by atoms with Gasteiger partial charge in [-0.1, -0.05) is 6.58 Å². The maximum Gasteiger partial charge on any atom is 0.334 e. The van der Waals surface area contributed by atoms with E-state index in [9.17, 15) is 14.4 Å². The molecule has 0 spiro atoms. The first-order chi connectivity index (χ1) is 7.49. The lowest BCUT2D eigenvalue weighted by atomic mass is 10.2. The molecule has 7 heteroatoms. The van der Waals surface area contributed by atoms with Crippen molar-refractivity contribution < 1.29 is 24.0 Å². The maximum absolute atomic E-state index is 11.1. The van der Waals surface area contributed by atoms with Crippen molar-refractivity contribution in [2.24, 2.45) is 0 Å². The zero-order chi connectivity index (χ0) is 12.1. The summed E-state index contributed by atoms with van der Waals surface area (Å²) in [4.78, 5) is 32.0. The molecule has 0 unspecified atom stereocenters.